The van der Waals surface area contributed by atoms with Crippen LogP contribution < -0.4 is 5.32 Å². The van der Waals surface area contributed by atoms with Crippen molar-refractivity contribution in [1.29, 1.82) is 0 Å². The molecule has 1 N–H and O–H groups in total. The molecule has 1 aromatic rings. The van der Waals surface area contributed by atoms with Crippen molar-refractivity contribution < 1.29 is 4.79 Å². The molecular weight excluding hydrogens is 324 g/mol. The van der Waals surface area contributed by atoms with Gasteiger partial charge in [0, 0.05) is 50.8 Å². The van der Waals surface area contributed by atoms with Crippen LogP contribution in [0.3, 0.4) is 0 Å². The van der Waals surface area contributed by atoms with E-state index in [0.717, 1.165) is 24.7 Å². The number of rotatable bonds is 5. The monoisotopic (exact) mass is 358 g/mol. The Morgan fingerprint density at radius 3 is 2.58 bits per heavy atom. The molecule has 0 saturated carbocycles. The topological polar surface area (TPSA) is 50.2 Å². The standard InChI is InChI=1S/C21H34N4O/c1-13-8-7-9-14(2)18(13)12-22-11-17-10-19(26)24(5)21(17)20-15(3)23-25(6)16(20)4/h8,14,17-18,21-22H,7,9-12H2,1-6H3/t14-,17+,18+,21-/m1/s1. The molecule has 5 nitrogen and oxygen atoms in total. The number of carbonyl (C=O) groups is 1. The summed E-state index contributed by atoms with van der Waals surface area (Å²) in [4.78, 5) is 14.4. The van der Waals surface area contributed by atoms with Gasteiger partial charge in [0.2, 0.25) is 5.91 Å². The van der Waals surface area contributed by atoms with Crippen molar-refractivity contribution in [2.45, 2.75) is 53.0 Å². The highest BCUT2D eigenvalue weighted by atomic mass is 16.2. The van der Waals surface area contributed by atoms with Crippen molar-refractivity contribution in [3.05, 3.63) is 28.6 Å². The van der Waals surface area contributed by atoms with Crippen molar-refractivity contribution in [3.63, 3.8) is 0 Å². The summed E-state index contributed by atoms with van der Waals surface area (Å²) in [5, 5.41) is 8.27. The minimum atomic E-state index is 0.129. The van der Waals surface area contributed by atoms with Gasteiger partial charge >= 0.3 is 0 Å². The molecule has 2 heterocycles. The van der Waals surface area contributed by atoms with Crippen LogP contribution in [0.25, 0.3) is 0 Å². The number of hydrogen-bond acceptors (Lipinski definition) is 3. The molecular formula is C21H34N4O. The van der Waals surface area contributed by atoms with Crippen LogP contribution in [-0.4, -0.2) is 40.7 Å². The maximum Gasteiger partial charge on any atom is 0.223 e. The van der Waals surface area contributed by atoms with Gasteiger partial charge in [0.1, 0.15) is 0 Å². The average molecular weight is 359 g/mol. The Morgan fingerprint density at radius 2 is 1.96 bits per heavy atom. The van der Waals surface area contributed by atoms with Gasteiger partial charge in [0.25, 0.3) is 0 Å². The fourth-order valence-corrected chi connectivity index (χ4v) is 4.94. The molecule has 2 aliphatic rings. The van der Waals surface area contributed by atoms with Crippen LogP contribution in [-0.2, 0) is 11.8 Å². The van der Waals surface area contributed by atoms with E-state index in [1.54, 1.807) is 0 Å². The van der Waals surface area contributed by atoms with Gasteiger partial charge in [-0.25, -0.2) is 0 Å². The summed E-state index contributed by atoms with van der Waals surface area (Å²) in [6.45, 7) is 10.7. The predicted molar refractivity (Wildman–Crippen MR) is 105 cm³/mol. The van der Waals surface area contributed by atoms with E-state index < -0.39 is 0 Å². The highest BCUT2D eigenvalue weighted by molar-refractivity contribution is 5.79. The van der Waals surface area contributed by atoms with Crippen molar-refractivity contribution in [2.75, 3.05) is 20.1 Å². The zero-order chi connectivity index (χ0) is 19.0. The molecule has 3 rings (SSSR count). The number of aromatic nitrogens is 2. The molecule has 0 unspecified atom stereocenters. The van der Waals surface area contributed by atoms with Crippen LogP contribution in [0.1, 0.15) is 56.1 Å². The van der Waals surface area contributed by atoms with Crippen LogP contribution in [0.2, 0.25) is 0 Å². The maximum absolute atomic E-state index is 12.4. The molecule has 0 bridgehead atoms. The van der Waals surface area contributed by atoms with Gasteiger partial charge in [-0.1, -0.05) is 18.6 Å². The van der Waals surface area contributed by atoms with E-state index in [9.17, 15) is 4.79 Å². The first-order valence-corrected chi connectivity index (χ1v) is 9.94. The lowest BCUT2D eigenvalue weighted by atomic mass is 9.80. The Labute approximate surface area is 157 Å². The second-order valence-corrected chi connectivity index (χ2v) is 8.39. The van der Waals surface area contributed by atoms with Gasteiger partial charge < -0.3 is 10.2 Å². The lowest BCUT2D eigenvalue weighted by Gasteiger charge is -2.30. The molecule has 4 atom stereocenters. The van der Waals surface area contributed by atoms with Crippen molar-refractivity contribution >= 4 is 5.91 Å². The first-order valence-electron chi connectivity index (χ1n) is 9.94. The summed E-state index contributed by atoms with van der Waals surface area (Å²) in [7, 11) is 3.92. The smallest absolute Gasteiger partial charge is 0.223 e. The van der Waals surface area contributed by atoms with Crippen molar-refractivity contribution in [2.24, 2.45) is 24.8 Å². The van der Waals surface area contributed by atoms with Gasteiger partial charge in [0.05, 0.1) is 11.7 Å². The van der Waals surface area contributed by atoms with E-state index in [1.165, 1.54) is 29.7 Å². The maximum atomic E-state index is 12.4. The first-order chi connectivity index (χ1) is 12.3. The average Bonchev–Trinajstić information content (AvgIpc) is 2.99. The molecule has 1 aliphatic carbocycles. The Kier molecular flexibility index (Phi) is 5.56. The first kappa shape index (κ1) is 19.2. The summed E-state index contributed by atoms with van der Waals surface area (Å²) in [6.07, 6.45) is 5.51. The molecule has 144 valence electrons. The number of allylic oxidation sites excluding steroid dienone is 1. The molecule has 1 fully saturated rings. The Balaban J connectivity index is 1.71. The Hall–Kier alpha value is -1.62. The lowest BCUT2D eigenvalue weighted by Crippen LogP contribution is -2.34. The molecule has 1 aromatic heterocycles. The van der Waals surface area contributed by atoms with E-state index >= 15 is 0 Å². The number of likely N-dealkylation sites (tertiary alicyclic amines) is 1. The number of nitrogens with one attached hydrogen (secondary N) is 1. The molecule has 1 saturated heterocycles. The minimum absolute atomic E-state index is 0.129. The normalized spacial score (nSPS) is 29.4. The molecule has 26 heavy (non-hydrogen) atoms. The summed E-state index contributed by atoms with van der Waals surface area (Å²) >= 11 is 0. The third-order valence-corrected chi connectivity index (χ3v) is 6.69. The zero-order valence-electron chi connectivity index (χ0n) is 17.2. The molecule has 0 radical (unpaired) electrons. The quantitative estimate of drug-likeness (QED) is 0.823. The summed E-state index contributed by atoms with van der Waals surface area (Å²) in [5.74, 6) is 1.90. The van der Waals surface area contributed by atoms with Crippen LogP contribution in [0.4, 0.5) is 0 Å². The summed E-state index contributed by atoms with van der Waals surface area (Å²) < 4.78 is 1.93. The van der Waals surface area contributed by atoms with Gasteiger partial charge in [-0.15, -0.1) is 0 Å². The van der Waals surface area contributed by atoms with Crippen molar-refractivity contribution in [3.8, 4) is 0 Å². The number of nitrogens with zero attached hydrogens (tertiary/aromatic N) is 3. The second-order valence-electron chi connectivity index (χ2n) is 8.39. The van der Waals surface area contributed by atoms with Gasteiger partial charge in [0.15, 0.2) is 0 Å². The highest BCUT2D eigenvalue weighted by Crippen LogP contribution is 2.39. The van der Waals surface area contributed by atoms with E-state index in [4.69, 9.17) is 0 Å². The predicted octanol–water partition coefficient (Wildman–Crippen LogP) is 3.14. The summed E-state index contributed by atoms with van der Waals surface area (Å²) in [6, 6.07) is 0.129. The number of hydrogen-bond donors (Lipinski definition) is 1. The van der Waals surface area contributed by atoms with Crippen LogP contribution >= 0.6 is 0 Å². The Bertz CT molecular complexity index is 705. The highest BCUT2D eigenvalue weighted by Gasteiger charge is 2.40. The molecule has 0 spiro atoms. The minimum Gasteiger partial charge on any atom is -0.338 e. The van der Waals surface area contributed by atoms with Crippen LogP contribution in [0, 0.1) is 31.6 Å². The zero-order valence-corrected chi connectivity index (χ0v) is 17.2. The molecule has 0 aromatic carbocycles. The van der Waals surface area contributed by atoms with Crippen molar-refractivity contribution in [1.82, 2.24) is 20.0 Å². The second kappa shape index (κ2) is 7.55. The lowest BCUT2D eigenvalue weighted by molar-refractivity contribution is -0.127. The third-order valence-electron chi connectivity index (χ3n) is 6.69. The number of amides is 1. The summed E-state index contributed by atoms with van der Waals surface area (Å²) in [5.41, 5.74) is 4.96. The third kappa shape index (κ3) is 3.46. The fraction of sp³-hybridized carbons (Fsp3) is 0.714. The number of aryl methyl sites for hydroxylation is 2. The van der Waals surface area contributed by atoms with Crippen LogP contribution in [0.15, 0.2) is 11.6 Å². The molecule has 5 heteroatoms. The van der Waals surface area contributed by atoms with Gasteiger partial charge in [-0.05, 0) is 45.4 Å². The van der Waals surface area contributed by atoms with E-state index in [-0.39, 0.29) is 11.9 Å². The van der Waals surface area contributed by atoms with Gasteiger partial charge in [-0.2, -0.15) is 5.10 Å². The Morgan fingerprint density at radius 1 is 1.23 bits per heavy atom. The largest absolute Gasteiger partial charge is 0.338 e. The van der Waals surface area contributed by atoms with Gasteiger partial charge in [-0.3, -0.25) is 9.48 Å². The molecule has 1 aliphatic heterocycles. The fourth-order valence-electron chi connectivity index (χ4n) is 4.94. The van der Waals surface area contributed by atoms with E-state index in [0.29, 0.717) is 18.3 Å². The van der Waals surface area contributed by atoms with E-state index in [2.05, 4.69) is 44.2 Å². The number of carbonyl (C=O) groups excluding carboxylic acids is 1. The molecule has 1 amide bonds. The van der Waals surface area contributed by atoms with Crippen LogP contribution in [0.5, 0.6) is 0 Å². The van der Waals surface area contributed by atoms with E-state index in [1.807, 2.05) is 23.7 Å². The SMILES string of the molecule is CC1=CCC[C@@H](C)[C@H]1CNC[C@@H]1CC(=O)N(C)[C@H]1c1c(C)nn(C)c1C.